The largest absolute Gasteiger partial charge is 0.493 e. The zero-order valence-corrected chi connectivity index (χ0v) is 17.5. The molecule has 0 unspecified atom stereocenters. The smallest absolute Gasteiger partial charge is 0.387 e. The molecule has 1 aliphatic heterocycles. The van der Waals surface area contributed by atoms with E-state index in [1.54, 1.807) is 9.80 Å². The van der Waals surface area contributed by atoms with E-state index in [2.05, 4.69) is 4.74 Å². The van der Waals surface area contributed by atoms with Gasteiger partial charge in [0, 0.05) is 37.3 Å². The molecule has 4 rings (SSSR count). The minimum absolute atomic E-state index is 0.0564. The molecule has 0 atom stereocenters. The van der Waals surface area contributed by atoms with Crippen LogP contribution in [0.4, 0.5) is 8.78 Å². The van der Waals surface area contributed by atoms with Crippen molar-refractivity contribution in [2.45, 2.75) is 6.61 Å². The van der Waals surface area contributed by atoms with Crippen LogP contribution in [0.15, 0.2) is 60.7 Å². The van der Waals surface area contributed by atoms with Crippen LogP contribution in [0.3, 0.4) is 0 Å². The lowest BCUT2D eigenvalue weighted by Gasteiger charge is -2.35. The van der Waals surface area contributed by atoms with E-state index >= 15 is 0 Å². The predicted molar refractivity (Wildman–Crippen MR) is 115 cm³/mol. The van der Waals surface area contributed by atoms with E-state index in [1.807, 2.05) is 42.5 Å². The molecular weight excluding hydrogens is 418 g/mol. The molecule has 166 valence electrons. The van der Waals surface area contributed by atoms with Crippen LogP contribution in [0.2, 0.25) is 0 Å². The first-order valence-electron chi connectivity index (χ1n) is 10.2. The van der Waals surface area contributed by atoms with E-state index in [4.69, 9.17) is 4.74 Å². The number of piperazine rings is 1. The number of fused-ring (bicyclic) bond motifs is 1. The van der Waals surface area contributed by atoms with Crippen LogP contribution in [-0.2, 0) is 0 Å². The second-order valence-corrected chi connectivity index (χ2v) is 7.36. The van der Waals surface area contributed by atoms with Gasteiger partial charge in [0.15, 0.2) is 11.5 Å². The molecule has 0 radical (unpaired) electrons. The normalized spacial score (nSPS) is 14.0. The van der Waals surface area contributed by atoms with Crippen molar-refractivity contribution in [2.75, 3.05) is 33.3 Å². The predicted octanol–water partition coefficient (Wildman–Crippen LogP) is 4.05. The molecule has 1 aliphatic rings. The third-order valence-corrected chi connectivity index (χ3v) is 5.50. The summed E-state index contributed by atoms with van der Waals surface area (Å²) in [6.45, 7) is -1.45. The Hall–Kier alpha value is -3.68. The van der Waals surface area contributed by atoms with Crippen molar-refractivity contribution in [3.05, 3.63) is 71.8 Å². The molecule has 3 aromatic rings. The van der Waals surface area contributed by atoms with Gasteiger partial charge in [0.1, 0.15) is 0 Å². The van der Waals surface area contributed by atoms with E-state index in [9.17, 15) is 18.4 Å². The Balaban J connectivity index is 1.44. The van der Waals surface area contributed by atoms with Crippen LogP contribution in [-0.4, -0.2) is 61.5 Å². The summed E-state index contributed by atoms with van der Waals surface area (Å²) in [4.78, 5) is 29.4. The standard InChI is InChI=1S/C24H22F2N2O4/c1-31-21-15-17(9-10-20(21)32-24(25)26)22(29)27-11-13-28(14-12-27)23(30)19-8-4-6-16-5-2-3-7-18(16)19/h2-10,15,24H,11-14H2,1H3. The molecule has 0 N–H and O–H groups in total. The highest BCUT2D eigenvalue weighted by atomic mass is 19.3. The number of hydrogen-bond donors (Lipinski definition) is 0. The molecule has 2 amide bonds. The number of alkyl halides is 2. The van der Waals surface area contributed by atoms with E-state index in [0.717, 1.165) is 10.8 Å². The number of benzene rings is 3. The lowest BCUT2D eigenvalue weighted by Crippen LogP contribution is -2.50. The highest BCUT2D eigenvalue weighted by Crippen LogP contribution is 2.30. The summed E-state index contributed by atoms with van der Waals surface area (Å²) in [6, 6.07) is 17.5. The molecule has 0 spiro atoms. The number of nitrogens with zero attached hydrogens (tertiary/aromatic N) is 2. The number of carbonyl (C=O) groups excluding carboxylic acids is 2. The maximum atomic E-state index is 13.1. The maximum absolute atomic E-state index is 13.1. The molecule has 6 nitrogen and oxygen atoms in total. The average Bonchev–Trinajstić information content (AvgIpc) is 2.83. The Bertz CT molecular complexity index is 1140. The van der Waals surface area contributed by atoms with Crippen LogP contribution >= 0.6 is 0 Å². The first-order chi connectivity index (χ1) is 15.5. The summed E-state index contributed by atoms with van der Waals surface area (Å²) < 4.78 is 34.5. The van der Waals surface area contributed by atoms with Crippen molar-refractivity contribution in [1.29, 1.82) is 0 Å². The average molecular weight is 440 g/mol. The fourth-order valence-corrected chi connectivity index (χ4v) is 3.87. The van der Waals surface area contributed by atoms with Crippen molar-refractivity contribution in [2.24, 2.45) is 0 Å². The van der Waals surface area contributed by atoms with Crippen LogP contribution < -0.4 is 9.47 Å². The highest BCUT2D eigenvalue weighted by Gasteiger charge is 2.27. The molecule has 0 bridgehead atoms. The third-order valence-electron chi connectivity index (χ3n) is 5.50. The fraction of sp³-hybridized carbons (Fsp3) is 0.250. The van der Waals surface area contributed by atoms with Gasteiger partial charge in [0.05, 0.1) is 7.11 Å². The second-order valence-electron chi connectivity index (χ2n) is 7.36. The minimum Gasteiger partial charge on any atom is -0.493 e. The van der Waals surface area contributed by atoms with E-state index in [1.165, 1.54) is 25.3 Å². The number of ether oxygens (including phenoxy) is 2. The maximum Gasteiger partial charge on any atom is 0.387 e. The van der Waals surface area contributed by atoms with Gasteiger partial charge in [-0.1, -0.05) is 36.4 Å². The quantitative estimate of drug-likeness (QED) is 0.601. The van der Waals surface area contributed by atoms with Gasteiger partial charge in [-0.25, -0.2) is 0 Å². The Labute approximate surface area is 183 Å². The van der Waals surface area contributed by atoms with Gasteiger partial charge in [0.25, 0.3) is 11.8 Å². The van der Waals surface area contributed by atoms with Crippen molar-refractivity contribution in [3.8, 4) is 11.5 Å². The number of hydrogen-bond acceptors (Lipinski definition) is 4. The van der Waals surface area contributed by atoms with Crippen molar-refractivity contribution < 1.29 is 27.8 Å². The minimum atomic E-state index is -2.99. The molecular formula is C24H22F2N2O4. The first kappa shape index (κ1) is 21.5. The molecule has 1 saturated heterocycles. The third kappa shape index (κ3) is 4.34. The zero-order valence-electron chi connectivity index (χ0n) is 17.5. The van der Waals surface area contributed by atoms with E-state index in [-0.39, 0.29) is 23.3 Å². The topological polar surface area (TPSA) is 59.1 Å². The second kappa shape index (κ2) is 9.21. The first-order valence-corrected chi connectivity index (χ1v) is 10.2. The zero-order chi connectivity index (χ0) is 22.7. The van der Waals surface area contributed by atoms with Crippen molar-refractivity contribution in [3.63, 3.8) is 0 Å². The number of carbonyl (C=O) groups is 2. The lowest BCUT2D eigenvalue weighted by atomic mass is 10.0. The van der Waals surface area contributed by atoms with Gasteiger partial charge >= 0.3 is 6.61 Å². The number of methoxy groups -OCH3 is 1. The summed E-state index contributed by atoms with van der Waals surface area (Å²) >= 11 is 0. The van der Waals surface area contributed by atoms with Gasteiger partial charge in [0.2, 0.25) is 0 Å². The molecule has 1 heterocycles. The lowest BCUT2D eigenvalue weighted by molar-refractivity contribution is -0.0512. The molecule has 0 aliphatic carbocycles. The molecule has 0 aromatic heterocycles. The van der Waals surface area contributed by atoms with Gasteiger partial charge in [-0.2, -0.15) is 8.78 Å². The van der Waals surface area contributed by atoms with Crippen LogP contribution in [0.5, 0.6) is 11.5 Å². The SMILES string of the molecule is COc1cc(C(=O)N2CCN(C(=O)c3cccc4ccccc34)CC2)ccc1OC(F)F. The van der Waals surface area contributed by atoms with Gasteiger partial charge < -0.3 is 19.3 Å². The number of amides is 2. The van der Waals surface area contributed by atoms with Crippen molar-refractivity contribution in [1.82, 2.24) is 9.80 Å². The van der Waals surface area contributed by atoms with Crippen LogP contribution in [0.25, 0.3) is 10.8 Å². The summed E-state index contributed by atoms with van der Waals surface area (Å²) in [7, 11) is 1.32. The highest BCUT2D eigenvalue weighted by molar-refractivity contribution is 6.07. The van der Waals surface area contributed by atoms with Crippen molar-refractivity contribution >= 4 is 22.6 Å². The Kier molecular flexibility index (Phi) is 6.20. The van der Waals surface area contributed by atoms with Gasteiger partial charge in [-0.3, -0.25) is 9.59 Å². The number of rotatable bonds is 5. The Morgan fingerprint density at radius 2 is 1.50 bits per heavy atom. The summed E-state index contributed by atoms with van der Waals surface area (Å²) in [5, 5.41) is 1.90. The molecule has 8 heteroatoms. The summed E-state index contributed by atoms with van der Waals surface area (Å²) in [6.07, 6.45) is 0. The molecule has 1 fully saturated rings. The summed E-state index contributed by atoms with van der Waals surface area (Å²) in [5.74, 6) is -0.404. The van der Waals surface area contributed by atoms with Crippen LogP contribution in [0.1, 0.15) is 20.7 Å². The molecule has 3 aromatic carbocycles. The Morgan fingerprint density at radius 1 is 0.844 bits per heavy atom. The summed E-state index contributed by atoms with van der Waals surface area (Å²) in [5.41, 5.74) is 0.944. The van der Waals surface area contributed by atoms with E-state index < -0.39 is 6.61 Å². The van der Waals surface area contributed by atoms with E-state index in [0.29, 0.717) is 37.3 Å². The van der Waals surface area contributed by atoms with Crippen LogP contribution in [0, 0.1) is 0 Å². The van der Waals surface area contributed by atoms with Gasteiger partial charge in [-0.05, 0) is 35.0 Å². The fourth-order valence-electron chi connectivity index (χ4n) is 3.87. The molecule has 0 saturated carbocycles. The van der Waals surface area contributed by atoms with Gasteiger partial charge in [-0.15, -0.1) is 0 Å². The molecule has 32 heavy (non-hydrogen) atoms. The Morgan fingerprint density at radius 3 is 2.19 bits per heavy atom. The number of halogens is 2. The monoisotopic (exact) mass is 440 g/mol.